The number of esters is 1. The number of allylic oxidation sites excluding steroid dienone is 14. The summed E-state index contributed by atoms with van der Waals surface area (Å²) in [4.78, 5) is 26.2. The van der Waals surface area contributed by atoms with Gasteiger partial charge in [0.25, 0.3) is 0 Å². The van der Waals surface area contributed by atoms with Gasteiger partial charge in [-0.2, -0.15) is 0 Å². The number of hydrogen-bond donors (Lipinski definition) is 3. The number of unbranched alkanes of at least 4 members (excludes halogenated alkanes) is 21. The maximum atomic E-state index is 13.2. The summed E-state index contributed by atoms with van der Waals surface area (Å²) in [5, 5.41) is 23.8. The van der Waals surface area contributed by atoms with Crippen molar-refractivity contribution >= 4 is 11.9 Å². The standard InChI is InChI=1S/C58H101NO5/c1-4-7-10-13-16-19-22-25-28-30-33-36-39-42-45-48-51-58(63)64-54(49-46-43-40-37-34-31-27-24-21-18-15-12-9-6-3)52-57(62)59-55(53-60)56(61)50-47-44-41-38-35-32-29-26-23-20-17-14-11-8-5-2/h7,9-10,12,16,18-19,21,25,27-28,31,37,40,54-56,60-61H,4-6,8,11,13-15,17,20,22-24,26,29-30,32-36,38-39,41-53H2,1-3H3,(H,59,62)/b10-7+,12-9+,19-16+,21-18+,28-25+,31-27+,40-37+. The van der Waals surface area contributed by atoms with Crippen LogP contribution in [0.1, 0.15) is 245 Å². The summed E-state index contributed by atoms with van der Waals surface area (Å²) in [7, 11) is 0. The van der Waals surface area contributed by atoms with E-state index in [2.05, 4.69) is 111 Å². The predicted octanol–water partition coefficient (Wildman–Crippen LogP) is 16.3. The van der Waals surface area contributed by atoms with Gasteiger partial charge in [-0.05, 0) is 89.9 Å². The van der Waals surface area contributed by atoms with E-state index in [0.717, 1.165) is 103 Å². The molecule has 6 nitrogen and oxygen atoms in total. The van der Waals surface area contributed by atoms with Gasteiger partial charge < -0.3 is 20.3 Å². The Morgan fingerprint density at radius 2 is 0.859 bits per heavy atom. The van der Waals surface area contributed by atoms with Gasteiger partial charge in [0.2, 0.25) is 5.91 Å². The van der Waals surface area contributed by atoms with Crippen LogP contribution in [-0.4, -0.2) is 46.9 Å². The summed E-state index contributed by atoms with van der Waals surface area (Å²) < 4.78 is 5.91. The SMILES string of the molecule is CC/C=C/C/C=C/C/C=C/C/C=C/CCCC(CC(=O)NC(CO)C(O)CCCCCCCCCCCCCCCCC)OC(=O)CCCCCCCC/C=C/C/C=C/C/C=C/CC. The monoisotopic (exact) mass is 892 g/mol. The summed E-state index contributed by atoms with van der Waals surface area (Å²) in [6.07, 6.45) is 66.5. The minimum Gasteiger partial charge on any atom is -0.462 e. The molecule has 0 fully saturated rings. The van der Waals surface area contributed by atoms with Crippen molar-refractivity contribution in [2.24, 2.45) is 0 Å². The van der Waals surface area contributed by atoms with Gasteiger partial charge in [0.15, 0.2) is 0 Å². The lowest BCUT2D eigenvalue weighted by molar-refractivity contribution is -0.151. The van der Waals surface area contributed by atoms with E-state index in [9.17, 15) is 19.8 Å². The van der Waals surface area contributed by atoms with E-state index in [1.54, 1.807) is 0 Å². The molecule has 1 amide bonds. The minimum absolute atomic E-state index is 0.0309. The van der Waals surface area contributed by atoms with Gasteiger partial charge in [-0.3, -0.25) is 9.59 Å². The van der Waals surface area contributed by atoms with Gasteiger partial charge >= 0.3 is 5.97 Å². The van der Waals surface area contributed by atoms with Gasteiger partial charge in [0.1, 0.15) is 6.10 Å². The molecule has 3 N–H and O–H groups in total. The molecule has 3 atom stereocenters. The maximum absolute atomic E-state index is 13.2. The molecule has 368 valence electrons. The van der Waals surface area contributed by atoms with Crippen molar-refractivity contribution in [1.82, 2.24) is 5.32 Å². The fraction of sp³-hybridized carbons (Fsp3) is 0.724. The lowest BCUT2D eigenvalue weighted by atomic mass is 10.0. The second-order valence-electron chi connectivity index (χ2n) is 17.9. The number of carbonyl (C=O) groups excluding carboxylic acids is 2. The Balaban J connectivity index is 4.66. The normalized spacial score (nSPS) is 13.9. The topological polar surface area (TPSA) is 95.9 Å². The fourth-order valence-corrected chi connectivity index (χ4v) is 7.74. The van der Waals surface area contributed by atoms with Gasteiger partial charge in [0.05, 0.1) is 25.2 Å². The molecule has 0 bridgehead atoms. The number of nitrogens with one attached hydrogen (secondary N) is 1. The first-order valence-electron chi connectivity index (χ1n) is 26.8. The summed E-state index contributed by atoms with van der Waals surface area (Å²) >= 11 is 0. The first-order valence-corrected chi connectivity index (χ1v) is 26.8. The molecule has 0 spiro atoms. The van der Waals surface area contributed by atoms with Crippen molar-refractivity contribution < 1.29 is 24.5 Å². The molecular weight excluding hydrogens is 791 g/mol. The van der Waals surface area contributed by atoms with Crippen molar-refractivity contribution in [3.8, 4) is 0 Å². The van der Waals surface area contributed by atoms with Crippen LogP contribution in [0.15, 0.2) is 85.1 Å². The van der Waals surface area contributed by atoms with E-state index in [1.807, 2.05) is 0 Å². The van der Waals surface area contributed by atoms with Crippen LogP contribution in [0.3, 0.4) is 0 Å². The highest BCUT2D eigenvalue weighted by Gasteiger charge is 2.24. The molecule has 0 aliphatic carbocycles. The van der Waals surface area contributed by atoms with Gasteiger partial charge in [-0.25, -0.2) is 0 Å². The smallest absolute Gasteiger partial charge is 0.306 e. The Morgan fingerprint density at radius 3 is 1.31 bits per heavy atom. The number of amides is 1. The quantitative estimate of drug-likeness (QED) is 0.0321. The molecule has 0 aliphatic rings. The van der Waals surface area contributed by atoms with Crippen LogP contribution in [0.2, 0.25) is 0 Å². The number of carbonyl (C=O) groups is 2. The van der Waals surface area contributed by atoms with Crippen molar-refractivity contribution in [3.05, 3.63) is 85.1 Å². The van der Waals surface area contributed by atoms with Gasteiger partial charge in [0, 0.05) is 6.42 Å². The van der Waals surface area contributed by atoms with Crippen LogP contribution < -0.4 is 5.32 Å². The molecule has 3 unspecified atom stereocenters. The third kappa shape index (κ3) is 45.6. The molecule has 0 aliphatic heterocycles. The number of ether oxygens (including phenoxy) is 1. The first kappa shape index (κ1) is 61.0. The van der Waals surface area contributed by atoms with Crippen LogP contribution in [0, 0.1) is 0 Å². The maximum Gasteiger partial charge on any atom is 0.306 e. The van der Waals surface area contributed by atoms with Crippen molar-refractivity contribution in [2.75, 3.05) is 6.61 Å². The zero-order valence-corrected chi connectivity index (χ0v) is 41.9. The molecule has 0 aromatic rings. The molecule has 0 rings (SSSR count). The zero-order valence-electron chi connectivity index (χ0n) is 41.9. The molecule has 0 saturated heterocycles. The fourth-order valence-electron chi connectivity index (χ4n) is 7.74. The largest absolute Gasteiger partial charge is 0.462 e. The highest BCUT2D eigenvalue weighted by Crippen LogP contribution is 2.17. The second kappa shape index (κ2) is 51.0. The highest BCUT2D eigenvalue weighted by molar-refractivity contribution is 5.77. The molecule has 0 radical (unpaired) electrons. The van der Waals surface area contributed by atoms with Crippen LogP contribution in [0.25, 0.3) is 0 Å². The second-order valence-corrected chi connectivity index (χ2v) is 17.9. The van der Waals surface area contributed by atoms with E-state index in [0.29, 0.717) is 19.3 Å². The van der Waals surface area contributed by atoms with Crippen LogP contribution >= 0.6 is 0 Å². The van der Waals surface area contributed by atoms with E-state index in [4.69, 9.17) is 4.74 Å². The summed E-state index contributed by atoms with van der Waals surface area (Å²) in [6.45, 7) is 6.25. The lowest BCUT2D eigenvalue weighted by Crippen LogP contribution is -2.46. The van der Waals surface area contributed by atoms with Crippen molar-refractivity contribution in [2.45, 2.75) is 264 Å². The van der Waals surface area contributed by atoms with Crippen molar-refractivity contribution in [3.63, 3.8) is 0 Å². The number of aliphatic hydroxyl groups is 2. The zero-order chi connectivity index (χ0) is 46.7. The molecule has 0 aromatic carbocycles. The average molecular weight is 892 g/mol. The molecule has 0 saturated carbocycles. The number of hydrogen-bond acceptors (Lipinski definition) is 5. The predicted molar refractivity (Wildman–Crippen MR) is 278 cm³/mol. The Kier molecular flexibility index (Phi) is 48.7. The summed E-state index contributed by atoms with van der Waals surface area (Å²) in [5.41, 5.74) is 0. The molecule has 0 aromatic heterocycles. The van der Waals surface area contributed by atoms with Crippen LogP contribution in [-0.2, 0) is 14.3 Å². The minimum atomic E-state index is -0.808. The third-order valence-electron chi connectivity index (χ3n) is 11.7. The summed E-state index contributed by atoms with van der Waals surface area (Å²) in [6, 6.07) is -0.726. The Morgan fingerprint density at radius 1 is 0.469 bits per heavy atom. The van der Waals surface area contributed by atoms with Crippen LogP contribution in [0.4, 0.5) is 0 Å². The average Bonchev–Trinajstić information content (AvgIpc) is 3.29. The van der Waals surface area contributed by atoms with E-state index in [1.165, 1.54) is 96.3 Å². The van der Waals surface area contributed by atoms with E-state index < -0.39 is 18.2 Å². The molecule has 6 heteroatoms. The molecule has 0 heterocycles. The molecule has 64 heavy (non-hydrogen) atoms. The van der Waals surface area contributed by atoms with E-state index >= 15 is 0 Å². The van der Waals surface area contributed by atoms with Gasteiger partial charge in [-0.1, -0.05) is 228 Å². The highest BCUT2D eigenvalue weighted by atomic mass is 16.5. The van der Waals surface area contributed by atoms with Gasteiger partial charge in [-0.15, -0.1) is 0 Å². The Hall–Kier alpha value is -2.96. The van der Waals surface area contributed by atoms with E-state index in [-0.39, 0.29) is 24.9 Å². The first-order chi connectivity index (χ1) is 31.5. The number of rotatable bonds is 47. The van der Waals surface area contributed by atoms with Crippen molar-refractivity contribution in [1.29, 1.82) is 0 Å². The Bertz CT molecular complexity index is 1230. The molecular formula is C58H101NO5. The third-order valence-corrected chi connectivity index (χ3v) is 11.7. The lowest BCUT2D eigenvalue weighted by Gasteiger charge is -2.24. The number of aliphatic hydroxyl groups excluding tert-OH is 2. The summed E-state index contributed by atoms with van der Waals surface area (Å²) in [5.74, 6) is -0.545. The van der Waals surface area contributed by atoms with Crippen LogP contribution in [0.5, 0.6) is 0 Å². The Labute approximate surface area is 395 Å².